The van der Waals surface area contributed by atoms with Crippen molar-refractivity contribution in [2.45, 2.75) is 57.1 Å². The molecule has 2 aromatic heterocycles. The van der Waals surface area contributed by atoms with Gasteiger partial charge in [-0.2, -0.15) is 8.42 Å². The van der Waals surface area contributed by atoms with Crippen LogP contribution in [0.2, 0.25) is 0 Å². The summed E-state index contributed by atoms with van der Waals surface area (Å²) in [5, 5.41) is 28.6. The third-order valence-electron chi connectivity index (χ3n) is 4.69. The molecule has 0 saturated carbocycles. The monoisotopic (exact) mass is 430 g/mol. The molecule has 13 heteroatoms. The molecule has 5 N–H and O–H groups in total. The number of hydrogen-bond acceptors (Lipinski definition) is 10. The second-order valence-electron chi connectivity index (χ2n) is 6.86. The third kappa shape index (κ3) is 5.18. The van der Waals surface area contributed by atoms with Gasteiger partial charge in [-0.3, -0.25) is 8.75 Å². The Kier molecular flexibility index (Phi) is 6.97. The van der Waals surface area contributed by atoms with Crippen molar-refractivity contribution in [2.24, 2.45) is 5.14 Å². The second kappa shape index (κ2) is 9.28. The summed E-state index contributed by atoms with van der Waals surface area (Å²) in [7, 11) is -4.20. The van der Waals surface area contributed by atoms with Gasteiger partial charge in [0.05, 0.1) is 12.9 Å². The number of anilines is 1. The van der Waals surface area contributed by atoms with Gasteiger partial charge in [-0.15, -0.1) is 0 Å². The summed E-state index contributed by atoms with van der Waals surface area (Å²) in [5.74, 6) is 0.562. The van der Waals surface area contributed by atoms with Gasteiger partial charge in [0.15, 0.2) is 23.2 Å². The Balaban J connectivity index is 1.73. The lowest BCUT2D eigenvalue weighted by Gasteiger charge is -2.16. The van der Waals surface area contributed by atoms with Gasteiger partial charge < -0.3 is 20.3 Å². The maximum absolute atomic E-state index is 11.0. The Bertz CT molecular complexity index is 922. The molecular formula is C16H26N6O6S. The third-order valence-corrected chi connectivity index (χ3v) is 5.15. The van der Waals surface area contributed by atoms with Gasteiger partial charge in [0.1, 0.15) is 24.6 Å². The van der Waals surface area contributed by atoms with E-state index >= 15 is 0 Å². The van der Waals surface area contributed by atoms with Crippen LogP contribution >= 0.6 is 0 Å². The number of unbranched alkanes of at least 4 members (excludes halogenated alkanes) is 3. The van der Waals surface area contributed by atoms with Gasteiger partial charge in [0.25, 0.3) is 0 Å². The molecule has 4 atom stereocenters. The molecule has 3 rings (SSSR count). The highest BCUT2D eigenvalue weighted by Crippen LogP contribution is 2.32. The first-order valence-corrected chi connectivity index (χ1v) is 10.9. The first kappa shape index (κ1) is 21.8. The molecule has 0 aromatic carbocycles. The highest BCUT2D eigenvalue weighted by molar-refractivity contribution is 7.84. The molecule has 1 aliphatic rings. The van der Waals surface area contributed by atoms with Crippen LogP contribution in [-0.4, -0.2) is 69.6 Å². The Morgan fingerprint density at radius 2 is 2.03 bits per heavy atom. The van der Waals surface area contributed by atoms with Crippen molar-refractivity contribution in [3.63, 3.8) is 0 Å². The summed E-state index contributed by atoms with van der Waals surface area (Å²) in [6, 6.07) is 0. The number of imidazole rings is 1. The summed E-state index contributed by atoms with van der Waals surface area (Å²) in [5.41, 5.74) is 0.901. The molecule has 1 fully saturated rings. The number of nitrogens with one attached hydrogen (secondary N) is 1. The van der Waals surface area contributed by atoms with Crippen LogP contribution in [0.3, 0.4) is 0 Å². The number of nitrogens with two attached hydrogens (primary N) is 1. The van der Waals surface area contributed by atoms with E-state index in [0.717, 1.165) is 25.8 Å². The first-order chi connectivity index (χ1) is 13.8. The molecule has 1 aliphatic heterocycles. The van der Waals surface area contributed by atoms with Crippen molar-refractivity contribution in [3.05, 3.63) is 12.7 Å². The van der Waals surface area contributed by atoms with Crippen molar-refractivity contribution in [1.29, 1.82) is 0 Å². The van der Waals surface area contributed by atoms with E-state index in [0.29, 0.717) is 17.0 Å². The maximum atomic E-state index is 11.0. The molecule has 0 radical (unpaired) electrons. The quantitative estimate of drug-likeness (QED) is 0.365. The van der Waals surface area contributed by atoms with Crippen LogP contribution in [0, 0.1) is 0 Å². The van der Waals surface area contributed by atoms with Crippen molar-refractivity contribution < 1.29 is 27.6 Å². The van der Waals surface area contributed by atoms with Gasteiger partial charge in [-0.1, -0.05) is 26.2 Å². The maximum Gasteiger partial charge on any atom is 0.333 e. The Morgan fingerprint density at radius 1 is 1.24 bits per heavy atom. The molecule has 3 heterocycles. The highest BCUT2D eigenvalue weighted by Gasteiger charge is 2.44. The largest absolute Gasteiger partial charge is 0.387 e. The van der Waals surface area contributed by atoms with Gasteiger partial charge in [0.2, 0.25) is 0 Å². The van der Waals surface area contributed by atoms with Crippen LogP contribution in [0.4, 0.5) is 5.82 Å². The lowest BCUT2D eigenvalue weighted by Crippen LogP contribution is -2.35. The molecule has 0 amide bonds. The lowest BCUT2D eigenvalue weighted by molar-refractivity contribution is -0.0467. The Hall–Kier alpha value is -1.90. The SMILES string of the molecule is CCCCCCNc1ncnc2c1ncn2[C@@H]1O[C@H](COS(N)(=O)=O)[C@@H](O)[C@H]1O. The van der Waals surface area contributed by atoms with E-state index < -0.39 is 41.5 Å². The average Bonchev–Trinajstić information content (AvgIpc) is 3.22. The van der Waals surface area contributed by atoms with Crippen LogP contribution in [-0.2, 0) is 19.2 Å². The molecule has 0 aliphatic carbocycles. The van der Waals surface area contributed by atoms with E-state index in [9.17, 15) is 18.6 Å². The van der Waals surface area contributed by atoms with Crippen LogP contribution in [0.1, 0.15) is 38.8 Å². The minimum absolute atomic E-state index is 0.403. The number of aliphatic hydroxyl groups is 2. The van der Waals surface area contributed by atoms with Crippen LogP contribution < -0.4 is 10.5 Å². The van der Waals surface area contributed by atoms with E-state index in [1.54, 1.807) is 0 Å². The summed E-state index contributed by atoms with van der Waals surface area (Å²) in [6.07, 6.45) is 2.39. The number of aromatic nitrogens is 4. The zero-order valence-electron chi connectivity index (χ0n) is 16.0. The molecular weight excluding hydrogens is 404 g/mol. The fraction of sp³-hybridized carbons (Fsp3) is 0.688. The van der Waals surface area contributed by atoms with Crippen molar-refractivity contribution in [3.8, 4) is 0 Å². The van der Waals surface area contributed by atoms with E-state index in [4.69, 9.17) is 9.88 Å². The average molecular weight is 430 g/mol. The Labute approximate surface area is 168 Å². The number of fused-ring (bicyclic) bond motifs is 1. The molecule has 0 unspecified atom stereocenters. The predicted molar refractivity (Wildman–Crippen MR) is 103 cm³/mol. The van der Waals surface area contributed by atoms with Crippen LogP contribution in [0.15, 0.2) is 12.7 Å². The molecule has 1 saturated heterocycles. The minimum Gasteiger partial charge on any atom is -0.387 e. The normalized spacial score (nSPS) is 25.0. The van der Waals surface area contributed by atoms with Gasteiger partial charge in [-0.05, 0) is 6.42 Å². The lowest BCUT2D eigenvalue weighted by atomic mass is 10.1. The van der Waals surface area contributed by atoms with E-state index in [1.807, 2.05) is 0 Å². The first-order valence-electron chi connectivity index (χ1n) is 9.42. The molecule has 0 spiro atoms. The fourth-order valence-electron chi connectivity index (χ4n) is 3.18. The Morgan fingerprint density at radius 3 is 2.76 bits per heavy atom. The molecule has 0 bridgehead atoms. The molecule has 12 nitrogen and oxygen atoms in total. The van der Waals surface area contributed by atoms with Gasteiger partial charge in [-0.25, -0.2) is 20.1 Å². The van der Waals surface area contributed by atoms with E-state index in [-0.39, 0.29) is 0 Å². The number of aliphatic hydroxyl groups excluding tert-OH is 2. The fourth-order valence-corrected chi connectivity index (χ4v) is 3.51. The standard InChI is InChI=1S/C16H26N6O6S/c1-2-3-4-5-6-18-14-11-15(20-8-19-14)22(9-21-11)16-13(24)12(23)10(28-16)7-27-29(17,25)26/h8-10,12-13,16,23-24H,2-7H2,1H3,(H2,17,25,26)(H,18,19,20)/t10-,12-,13-,16-/m1/s1. The molecule has 2 aromatic rings. The van der Waals surface area contributed by atoms with Crippen LogP contribution in [0.5, 0.6) is 0 Å². The zero-order valence-corrected chi connectivity index (χ0v) is 16.8. The van der Waals surface area contributed by atoms with Crippen LogP contribution in [0.25, 0.3) is 11.2 Å². The molecule has 29 heavy (non-hydrogen) atoms. The number of nitrogens with zero attached hydrogens (tertiary/aromatic N) is 4. The number of hydrogen-bond donors (Lipinski definition) is 4. The zero-order chi connectivity index (χ0) is 21.0. The summed E-state index contributed by atoms with van der Waals surface area (Å²) in [4.78, 5) is 12.7. The number of rotatable bonds is 10. The second-order valence-corrected chi connectivity index (χ2v) is 8.08. The smallest absolute Gasteiger partial charge is 0.333 e. The van der Waals surface area contributed by atoms with Gasteiger partial charge in [0, 0.05) is 6.54 Å². The highest BCUT2D eigenvalue weighted by atomic mass is 32.2. The van der Waals surface area contributed by atoms with Crippen molar-refractivity contribution >= 4 is 27.3 Å². The topological polar surface area (TPSA) is 175 Å². The summed E-state index contributed by atoms with van der Waals surface area (Å²) < 4.78 is 33.4. The van der Waals surface area contributed by atoms with E-state index in [2.05, 4.69) is 31.4 Å². The predicted octanol–water partition coefficient (Wildman–Crippen LogP) is -0.342. The summed E-state index contributed by atoms with van der Waals surface area (Å²) in [6.45, 7) is 2.36. The van der Waals surface area contributed by atoms with Crippen molar-refractivity contribution in [2.75, 3.05) is 18.5 Å². The van der Waals surface area contributed by atoms with E-state index in [1.165, 1.54) is 23.6 Å². The number of ether oxygens (including phenoxy) is 1. The summed E-state index contributed by atoms with van der Waals surface area (Å²) >= 11 is 0. The minimum atomic E-state index is -4.20. The van der Waals surface area contributed by atoms with Crippen molar-refractivity contribution in [1.82, 2.24) is 19.5 Å². The van der Waals surface area contributed by atoms with Gasteiger partial charge >= 0.3 is 10.3 Å². The molecule has 162 valence electrons.